The second-order valence-electron chi connectivity index (χ2n) is 6.62. The van der Waals surface area contributed by atoms with Gasteiger partial charge in [-0.15, -0.1) is 0 Å². The number of piperidine rings is 1. The van der Waals surface area contributed by atoms with Gasteiger partial charge in [-0.2, -0.15) is 10.1 Å². The van der Waals surface area contributed by atoms with Crippen molar-refractivity contribution in [3.05, 3.63) is 48.3 Å². The first kappa shape index (κ1) is 16.0. The van der Waals surface area contributed by atoms with Crippen LogP contribution in [0.5, 0.6) is 0 Å². The molecule has 7 nitrogen and oxygen atoms in total. The van der Waals surface area contributed by atoms with Crippen LogP contribution in [0.25, 0.3) is 11.5 Å². The zero-order chi connectivity index (χ0) is 17.1. The maximum atomic E-state index is 5.47. The second-order valence-corrected chi connectivity index (χ2v) is 6.62. The highest BCUT2D eigenvalue weighted by molar-refractivity contribution is 5.53. The second kappa shape index (κ2) is 7.14. The molecular weight excluding hydrogens is 316 g/mol. The monoisotopic (exact) mass is 338 g/mol. The van der Waals surface area contributed by atoms with Crippen molar-refractivity contribution in [1.29, 1.82) is 0 Å². The number of likely N-dealkylation sites (tertiary alicyclic amines) is 1. The molecule has 1 fully saturated rings. The van der Waals surface area contributed by atoms with Crippen LogP contribution >= 0.6 is 0 Å². The Morgan fingerprint density at radius 3 is 3.08 bits per heavy atom. The summed E-state index contributed by atoms with van der Waals surface area (Å²) < 4.78 is 7.37. The summed E-state index contributed by atoms with van der Waals surface area (Å²) in [5.74, 6) is 1.32. The van der Waals surface area contributed by atoms with Gasteiger partial charge in [0.1, 0.15) is 12.7 Å². The van der Waals surface area contributed by atoms with Crippen molar-refractivity contribution in [2.45, 2.75) is 45.3 Å². The molecular formula is C18H22N6O. The maximum absolute atomic E-state index is 5.47. The van der Waals surface area contributed by atoms with E-state index in [0.717, 1.165) is 30.9 Å². The Morgan fingerprint density at radius 2 is 2.24 bits per heavy atom. The van der Waals surface area contributed by atoms with E-state index < -0.39 is 0 Å². The molecule has 0 radical (unpaired) electrons. The summed E-state index contributed by atoms with van der Waals surface area (Å²) in [5.41, 5.74) is 2.15. The average Bonchev–Trinajstić information content (AvgIpc) is 3.29. The van der Waals surface area contributed by atoms with Gasteiger partial charge in [-0.25, -0.2) is 4.98 Å². The number of nitrogens with zero attached hydrogens (tertiary/aromatic N) is 6. The lowest BCUT2D eigenvalue weighted by Crippen LogP contribution is -2.41. The van der Waals surface area contributed by atoms with Crippen LogP contribution in [0.1, 0.15) is 30.7 Å². The molecule has 1 atom stereocenters. The van der Waals surface area contributed by atoms with Gasteiger partial charge in [-0.3, -0.25) is 9.58 Å². The molecule has 0 saturated carbocycles. The van der Waals surface area contributed by atoms with Gasteiger partial charge in [-0.1, -0.05) is 29.3 Å². The Labute approximate surface area is 146 Å². The fourth-order valence-corrected chi connectivity index (χ4v) is 3.41. The Hall–Kier alpha value is -2.54. The lowest BCUT2D eigenvalue weighted by atomic mass is 10.0. The molecule has 2 aromatic heterocycles. The van der Waals surface area contributed by atoms with E-state index in [1.54, 1.807) is 12.7 Å². The molecule has 0 bridgehead atoms. The lowest BCUT2D eigenvalue weighted by Gasteiger charge is -2.34. The molecule has 1 aromatic carbocycles. The molecule has 0 N–H and O–H groups in total. The van der Waals surface area contributed by atoms with Crippen LogP contribution in [0, 0.1) is 6.92 Å². The van der Waals surface area contributed by atoms with E-state index in [9.17, 15) is 0 Å². The van der Waals surface area contributed by atoms with Crippen molar-refractivity contribution in [1.82, 2.24) is 29.8 Å². The van der Waals surface area contributed by atoms with Gasteiger partial charge in [0.25, 0.3) is 5.89 Å². The Kier molecular flexibility index (Phi) is 4.56. The first-order chi connectivity index (χ1) is 12.3. The largest absolute Gasteiger partial charge is 0.334 e. The third kappa shape index (κ3) is 3.76. The average molecular weight is 338 g/mol. The highest BCUT2D eigenvalue weighted by Crippen LogP contribution is 2.22. The van der Waals surface area contributed by atoms with E-state index in [1.807, 2.05) is 16.8 Å². The van der Waals surface area contributed by atoms with Gasteiger partial charge in [0.05, 0.1) is 13.1 Å². The molecule has 1 unspecified atom stereocenters. The molecule has 0 spiro atoms. The number of aromatic nitrogens is 5. The predicted octanol–water partition coefficient (Wildman–Crippen LogP) is 2.69. The summed E-state index contributed by atoms with van der Waals surface area (Å²) in [4.78, 5) is 11.1. The number of hydrogen-bond donors (Lipinski definition) is 0. The molecule has 130 valence electrons. The molecule has 4 rings (SSSR count). The van der Waals surface area contributed by atoms with Crippen LogP contribution in [0.2, 0.25) is 0 Å². The van der Waals surface area contributed by atoms with Crippen LogP contribution in [-0.2, 0) is 13.1 Å². The van der Waals surface area contributed by atoms with E-state index in [-0.39, 0.29) is 0 Å². The summed E-state index contributed by atoms with van der Waals surface area (Å²) in [6, 6.07) is 8.55. The van der Waals surface area contributed by atoms with E-state index in [0.29, 0.717) is 18.5 Å². The Bertz CT molecular complexity index is 813. The van der Waals surface area contributed by atoms with Gasteiger partial charge in [0.2, 0.25) is 0 Å². The van der Waals surface area contributed by atoms with Crippen LogP contribution in [0.3, 0.4) is 0 Å². The minimum Gasteiger partial charge on any atom is -0.334 e. The van der Waals surface area contributed by atoms with Crippen LogP contribution in [-0.4, -0.2) is 42.4 Å². The fraction of sp³-hybridized carbons (Fsp3) is 0.444. The van der Waals surface area contributed by atoms with Crippen molar-refractivity contribution in [2.24, 2.45) is 0 Å². The van der Waals surface area contributed by atoms with Crippen LogP contribution < -0.4 is 0 Å². The van der Waals surface area contributed by atoms with Gasteiger partial charge in [0.15, 0.2) is 5.82 Å². The summed E-state index contributed by atoms with van der Waals surface area (Å²) >= 11 is 0. The van der Waals surface area contributed by atoms with Gasteiger partial charge in [0, 0.05) is 11.6 Å². The Morgan fingerprint density at radius 1 is 1.28 bits per heavy atom. The van der Waals surface area contributed by atoms with Crippen molar-refractivity contribution >= 4 is 0 Å². The molecule has 0 amide bonds. The summed E-state index contributed by atoms with van der Waals surface area (Å²) in [6.07, 6.45) is 6.97. The SMILES string of the molecule is Cc1cccc(-c2nc(CN3CCCCC3Cn3cncn3)no2)c1. The molecule has 3 aromatic rings. The fourth-order valence-electron chi connectivity index (χ4n) is 3.41. The predicted molar refractivity (Wildman–Crippen MR) is 92.5 cm³/mol. The molecule has 1 aliphatic rings. The highest BCUT2D eigenvalue weighted by atomic mass is 16.5. The maximum Gasteiger partial charge on any atom is 0.257 e. The van der Waals surface area contributed by atoms with Gasteiger partial charge in [-0.05, 0) is 38.4 Å². The first-order valence-corrected chi connectivity index (χ1v) is 8.74. The number of aryl methyl sites for hydroxylation is 1. The smallest absolute Gasteiger partial charge is 0.257 e. The van der Waals surface area contributed by atoms with E-state index in [2.05, 4.69) is 44.2 Å². The summed E-state index contributed by atoms with van der Waals surface area (Å²) in [7, 11) is 0. The normalized spacial score (nSPS) is 18.5. The molecule has 25 heavy (non-hydrogen) atoms. The summed E-state index contributed by atoms with van der Waals surface area (Å²) in [5, 5.41) is 8.42. The minimum atomic E-state index is 0.427. The van der Waals surface area contributed by atoms with E-state index in [4.69, 9.17) is 4.52 Å². The lowest BCUT2D eigenvalue weighted by molar-refractivity contribution is 0.117. The number of rotatable bonds is 5. The van der Waals surface area contributed by atoms with E-state index >= 15 is 0 Å². The standard InChI is InChI=1S/C18H22N6O/c1-14-5-4-6-15(9-14)18-21-17(22-25-18)11-23-8-3-2-7-16(23)10-24-13-19-12-20-24/h4-6,9,12-13,16H,2-3,7-8,10-11H2,1H3. The minimum absolute atomic E-state index is 0.427. The molecule has 1 aliphatic heterocycles. The zero-order valence-corrected chi connectivity index (χ0v) is 14.4. The number of hydrogen-bond acceptors (Lipinski definition) is 6. The van der Waals surface area contributed by atoms with Gasteiger partial charge >= 0.3 is 0 Å². The van der Waals surface area contributed by atoms with Crippen molar-refractivity contribution in [3.63, 3.8) is 0 Å². The van der Waals surface area contributed by atoms with Crippen LogP contribution in [0.4, 0.5) is 0 Å². The summed E-state index contributed by atoms with van der Waals surface area (Å²) in [6.45, 7) is 4.66. The van der Waals surface area contributed by atoms with Crippen molar-refractivity contribution in [2.75, 3.05) is 6.54 Å². The number of benzene rings is 1. The molecule has 0 aliphatic carbocycles. The Balaban J connectivity index is 1.47. The molecule has 3 heterocycles. The highest BCUT2D eigenvalue weighted by Gasteiger charge is 2.24. The quantitative estimate of drug-likeness (QED) is 0.712. The zero-order valence-electron chi connectivity index (χ0n) is 14.4. The van der Waals surface area contributed by atoms with Crippen LogP contribution in [0.15, 0.2) is 41.4 Å². The van der Waals surface area contributed by atoms with Gasteiger partial charge < -0.3 is 4.52 Å². The third-order valence-corrected chi connectivity index (χ3v) is 4.69. The van der Waals surface area contributed by atoms with Crippen molar-refractivity contribution in [3.8, 4) is 11.5 Å². The van der Waals surface area contributed by atoms with E-state index in [1.165, 1.54) is 18.4 Å². The third-order valence-electron chi connectivity index (χ3n) is 4.69. The van der Waals surface area contributed by atoms with Crippen molar-refractivity contribution < 1.29 is 4.52 Å². The topological polar surface area (TPSA) is 72.9 Å². The first-order valence-electron chi connectivity index (χ1n) is 8.74. The molecule has 7 heteroatoms. The molecule has 1 saturated heterocycles.